The molecule has 0 heterocycles. The first-order valence-electron chi connectivity index (χ1n) is 11.8. The minimum absolute atomic E-state index is 0.0625. The van der Waals surface area contributed by atoms with Gasteiger partial charge < -0.3 is 31.3 Å². The van der Waals surface area contributed by atoms with E-state index < -0.39 is 81.3 Å². The van der Waals surface area contributed by atoms with Gasteiger partial charge in [-0.3, -0.25) is 19.3 Å². The molecule has 11 heteroatoms. The molecule has 0 saturated heterocycles. The van der Waals surface area contributed by atoms with Gasteiger partial charge in [-0.05, 0) is 43.8 Å². The van der Waals surface area contributed by atoms with Crippen LogP contribution in [0.2, 0.25) is 0 Å². The zero-order valence-corrected chi connectivity index (χ0v) is 20.3. The second-order valence-electron chi connectivity index (χ2n) is 10.0. The first-order chi connectivity index (χ1) is 17.8. The molecule has 1 amide bonds. The van der Waals surface area contributed by atoms with Gasteiger partial charge in [-0.1, -0.05) is 24.3 Å². The number of amides is 1. The zero-order valence-electron chi connectivity index (χ0n) is 20.3. The number of ketones is 2. The van der Waals surface area contributed by atoms with E-state index in [0.29, 0.717) is 11.1 Å². The van der Waals surface area contributed by atoms with E-state index in [0.717, 1.165) is 0 Å². The van der Waals surface area contributed by atoms with Gasteiger partial charge in [0.1, 0.15) is 28.7 Å². The molecule has 0 spiro atoms. The molecule has 10 nitrogen and oxygen atoms in total. The van der Waals surface area contributed by atoms with Crippen LogP contribution < -0.4 is 5.73 Å². The van der Waals surface area contributed by atoms with Crippen LogP contribution >= 0.6 is 0 Å². The number of hydrogen-bond acceptors (Lipinski definition) is 9. The molecule has 0 bridgehead atoms. The van der Waals surface area contributed by atoms with Crippen molar-refractivity contribution in [3.05, 3.63) is 70.2 Å². The molecule has 0 unspecified atom stereocenters. The number of benzene rings is 2. The Labute approximate surface area is 215 Å². The molecule has 7 N–H and O–H groups in total. The van der Waals surface area contributed by atoms with Crippen molar-refractivity contribution < 1.29 is 44.3 Å². The summed E-state index contributed by atoms with van der Waals surface area (Å²) in [7, 11) is 2.88. The van der Waals surface area contributed by atoms with Gasteiger partial charge in [0, 0.05) is 17.1 Å². The highest BCUT2D eigenvalue weighted by Crippen LogP contribution is 2.53. The van der Waals surface area contributed by atoms with Gasteiger partial charge in [0.05, 0.1) is 23.6 Å². The highest BCUT2D eigenvalue weighted by atomic mass is 19.1. The molecular weight excluding hydrogens is 499 g/mol. The molecule has 2 aromatic carbocycles. The molecule has 1 saturated carbocycles. The van der Waals surface area contributed by atoms with Crippen LogP contribution in [0.4, 0.5) is 4.39 Å². The summed E-state index contributed by atoms with van der Waals surface area (Å²) >= 11 is 0. The zero-order chi connectivity index (χ0) is 27.8. The van der Waals surface area contributed by atoms with Crippen LogP contribution in [0.1, 0.15) is 11.1 Å². The fraction of sp³-hybridized carbons (Fsp3) is 0.296. The lowest BCUT2D eigenvalue weighted by Gasteiger charge is -2.52. The van der Waals surface area contributed by atoms with E-state index >= 15 is 0 Å². The molecule has 5 rings (SSSR count). The Morgan fingerprint density at radius 2 is 1.71 bits per heavy atom. The number of aromatic hydroxyl groups is 1. The lowest BCUT2D eigenvalue weighted by Crippen LogP contribution is -2.70. The summed E-state index contributed by atoms with van der Waals surface area (Å²) < 4.78 is 13.4. The summed E-state index contributed by atoms with van der Waals surface area (Å²) in [5, 5.41) is 56.3. The summed E-state index contributed by atoms with van der Waals surface area (Å²) in [6.45, 7) is 0. The average molecular weight is 525 g/mol. The molecule has 0 aliphatic heterocycles. The van der Waals surface area contributed by atoms with Crippen LogP contribution in [0.25, 0.3) is 16.9 Å². The third kappa shape index (κ3) is 3.25. The SMILES string of the molecule is CN(C)[C@H]1C(=O)C(C(N)=O)=C(O)[C@]2(O)C(=O)C3=C(O)c4c(ccc(-c5ccc(F)cc5)c4O)C[C@@H]3[C@@H](O)[C@H]12. The molecule has 38 heavy (non-hydrogen) atoms. The van der Waals surface area contributed by atoms with Crippen molar-refractivity contribution in [2.75, 3.05) is 14.1 Å². The van der Waals surface area contributed by atoms with E-state index in [9.17, 15) is 44.3 Å². The predicted octanol–water partition coefficient (Wildman–Crippen LogP) is 0.741. The number of aliphatic hydroxyl groups excluding tert-OH is 3. The third-order valence-electron chi connectivity index (χ3n) is 7.83. The number of aliphatic hydroxyl groups is 4. The van der Waals surface area contributed by atoms with Gasteiger partial charge in [-0.15, -0.1) is 0 Å². The monoisotopic (exact) mass is 524 g/mol. The molecule has 5 atom stereocenters. The number of Topliss-reactive ketones (excluding diaryl/α,β-unsaturated/α-hetero) is 2. The van der Waals surface area contributed by atoms with Crippen LogP contribution in [0, 0.1) is 17.7 Å². The second kappa shape index (κ2) is 8.48. The number of nitrogens with two attached hydrogens (primary N) is 1. The molecular formula is C27H25FN2O8. The summed E-state index contributed by atoms with van der Waals surface area (Å²) in [6, 6.07) is 6.95. The molecule has 1 fully saturated rings. The maximum atomic E-state index is 13.9. The third-order valence-corrected chi connectivity index (χ3v) is 7.83. The van der Waals surface area contributed by atoms with Crippen molar-refractivity contribution >= 4 is 23.2 Å². The van der Waals surface area contributed by atoms with Crippen LogP contribution in [-0.4, -0.2) is 79.7 Å². The number of carbonyl (C=O) groups excluding carboxylic acids is 3. The largest absolute Gasteiger partial charge is 0.508 e. The smallest absolute Gasteiger partial charge is 0.255 e. The van der Waals surface area contributed by atoms with Gasteiger partial charge in [-0.25, -0.2) is 4.39 Å². The highest BCUT2D eigenvalue weighted by Gasteiger charge is 2.67. The predicted molar refractivity (Wildman–Crippen MR) is 131 cm³/mol. The van der Waals surface area contributed by atoms with Crippen LogP contribution in [0.15, 0.2) is 53.3 Å². The number of halogens is 1. The Kier molecular flexibility index (Phi) is 5.71. The lowest BCUT2D eigenvalue weighted by atomic mass is 9.56. The number of phenols is 1. The first-order valence-corrected chi connectivity index (χ1v) is 11.8. The van der Waals surface area contributed by atoms with E-state index in [-0.39, 0.29) is 17.5 Å². The van der Waals surface area contributed by atoms with E-state index in [1.54, 1.807) is 12.1 Å². The fourth-order valence-corrected chi connectivity index (χ4v) is 6.09. The highest BCUT2D eigenvalue weighted by molar-refractivity contribution is 6.24. The van der Waals surface area contributed by atoms with Crippen LogP contribution in [0.3, 0.4) is 0 Å². The van der Waals surface area contributed by atoms with Crippen molar-refractivity contribution in [2.45, 2.75) is 24.2 Å². The summed E-state index contributed by atoms with van der Waals surface area (Å²) in [5.41, 5.74) is 1.78. The van der Waals surface area contributed by atoms with Gasteiger partial charge in [0.2, 0.25) is 5.78 Å². The number of likely N-dealkylation sites (N-methyl/N-ethyl adjacent to an activating group) is 1. The number of nitrogens with zero attached hydrogens (tertiary/aromatic N) is 1. The molecule has 0 radical (unpaired) electrons. The Bertz CT molecular complexity index is 1480. The maximum absolute atomic E-state index is 13.9. The van der Waals surface area contributed by atoms with E-state index in [4.69, 9.17) is 5.73 Å². The van der Waals surface area contributed by atoms with Gasteiger partial charge >= 0.3 is 0 Å². The van der Waals surface area contributed by atoms with Gasteiger partial charge in [-0.2, -0.15) is 0 Å². The Morgan fingerprint density at radius 3 is 2.29 bits per heavy atom. The van der Waals surface area contributed by atoms with Crippen molar-refractivity contribution in [1.29, 1.82) is 0 Å². The van der Waals surface area contributed by atoms with Crippen molar-refractivity contribution in [3.63, 3.8) is 0 Å². The number of primary amides is 1. The van der Waals surface area contributed by atoms with E-state index in [1.165, 1.54) is 43.3 Å². The quantitative estimate of drug-likeness (QED) is 0.316. The molecule has 3 aliphatic rings. The maximum Gasteiger partial charge on any atom is 0.255 e. The van der Waals surface area contributed by atoms with Crippen molar-refractivity contribution in [2.24, 2.45) is 17.6 Å². The number of carbonyl (C=O) groups is 3. The molecule has 0 aromatic heterocycles. The Hall–Kier alpha value is -4.06. The standard InChI is InChI=1S/C27H25FN2O8/c1-30(2)19-18-21(32)14-9-11-5-8-13(10-3-6-12(28)7-4-10)20(31)15(11)22(33)16(14)24(35)27(18,38)25(36)17(23(19)34)26(29)37/h3-8,14,18-19,21,31-33,36,38H,9H2,1-2H3,(H2,29,37)/t14-,18-,19+,21+,27+/m0/s1. The Balaban J connectivity index is 1.74. The topological polar surface area (TPSA) is 182 Å². The van der Waals surface area contributed by atoms with Crippen molar-refractivity contribution in [1.82, 2.24) is 4.90 Å². The van der Waals surface area contributed by atoms with Crippen molar-refractivity contribution in [3.8, 4) is 16.9 Å². The minimum atomic E-state index is -2.96. The normalized spacial score (nSPS) is 28.8. The minimum Gasteiger partial charge on any atom is -0.508 e. The summed E-state index contributed by atoms with van der Waals surface area (Å²) in [5.74, 6) is -9.23. The average Bonchev–Trinajstić information content (AvgIpc) is 2.84. The number of hydrogen-bond donors (Lipinski definition) is 6. The summed E-state index contributed by atoms with van der Waals surface area (Å²) in [6.07, 6.45) is -1.71. The lowest BCUT2D eigenvalue weighted by molar-refractivity contribution is -0.168. The number of phenolic OH excluding ortho intramolecular Hbond substituents is 1. The first kappa shape index (κ1) is 25.6. The fourth-order valence-electron chi connectivity index (χ4n) is 6.09. The second-order valence-corrected chi connectivity index (χ2v) is 10.0. The van der Waals surface area contributed by atoms with Crippen LogP contribution in [-0.2, 0) is 20.8 Å². The Morgan fingerprint density at radius 1 is 1.08 bits per heavy atom. The molecule has 198 valence electrons. The van der Waals surface area contributed by atoms with E-state index in [1.807, 2.05) is 0 Å². The number of rotatable bonds is 3. The molecule has 3 aliphatic carbocycles. The van der Waals surface area contributed by atoms with Gasteiger partial charge in [0.15, 0.2) is 11.4 Å². The number of fused-ring (bicyclic) bond motifs is 3. The van der Waals surface area contributed by atoms with Crippen LogP contribution in [0.5, 0.6) is 5.75 Å². The van der Waals surface area contributed by atoms with E-state index in [2.05, 4.69) is 0 Å². The van der Waals surface area contributed by atoms with Gasteiger partial charge in [0.25, 0.3) is 5.91 Å². The summed E-state index contributed by atoms with van der Waals surface area (Å²) in [4.78, 5) is 40.3. The molecule has 2 aromatic rings.